The maximum atomic E-state index is 13.1. The minimum atomic E-state index is -1.71. The van der Waals surface area contributed by atoms with Crippen molar-refractivity contribution in [2.24, 2.45) is 28.6 Å². The molecule has 4 N–H and O–H groups in total. The molecule has 1 spiro atoms. The van der Waals surface area contributed by atoms with Crippen LogP contribution in [0.25, 0.3) is 0 Å². The molecule has 0 aromatic heterocycles. The predicted molar refractivity (Wildman–Crippen MR) is 120 cm³/mol. The Bertz CT molecular complexity index is 861. The summed E-state index contributed by atoms with van der Waals surface area (Å²) in [5.41, 5.74) is -6.34. The number of likely N-dealkylation sites (tertiary alicyclic amines) is 1. The molecule has 13 atom stereocenters. The highest BCUT2D eigenvalue weighted by Gasteiger charge is 2.95. The van der Waals surface area contributed by atoms with Crippen molar-refractivity contribution in [2.75, 3.05) is 48.1 Å². The Hall–Kier alpha value is -0.360. The molecular formula is C25H41NO8. The number of piperidine rings is 1. The van der Waals surface area contributed by atoms with Crippen molar-refractivity contribution in [2.45, 2.75) is 79.9 Å². The molecule has 9 heteroatoms. The molecule has 0 aromatic rings. The number of fused-ring (bicyclic) bond motifs is 2. The van der Waals surface area contributed by atoms with Gasteiger partial charge in [-0.15, -0.1) is 0 Å². The SMILES string of the molecule is CCN1C[C@]2(CO)CC[C@H](OC)[C@@]34[C@@H]2[C@H](OC)[C@](O)([C@@H]13)[C@@]1(O)C[C@H](OC)[C@H]2C[C@]4(O)[C@@H]1[C@H]2OC. The molecule has 5 saturated carbocycles. The Kier molecular flexibility index (Phi) is 5.04. The van der Waals surface area contributed by atoms with E-state index in [0.717, 1.165) is 0 Å². The van der Waals surface area contributed by atoms with Gasteiger partial charge in [0.2, 0.25) is 0 Å². The average Bonchev–Trinajstić information content (AvgIpc) is 3.20. The number of aliphatic hydroxyl groups excluding tert-OH is 1. The summed E-state index contributed by atoms with van der Waals surface area (Å²) >= 11 is 0. The Morgan fingerprint density at radius 2 is 1.65 bits per heavy atom. The molecule has 0 radical (unpaired) electrons. The van der Waals surface area contributed by atoms with Crippen molar-refractivity contribution in [3.8, 4) is 0 Å². The van der Waals surface area contributed by atoms with E-state index < -0.39 is 51.8 Å². The fraction of sp³-hybridized carbons (Fsp3) is 1.00. The number of likely N-dealkylation sites (N-methyl/N-ethyl adjacent to an activating group) is 1. The number of ether oxygens (including phenoxy) is 4. The molecule has 1 saturated heterocycles. The van der Waals surface area contributed by atoms with Crippen LogP contribution < -0.4 is 0 Å². The summed E-state index contributed by atoms with van der Waals surface area (Å²) in [4.78, 5) is 2.18. The lowest BCUT2D eigenvalue weighted by molar-refractivity contribution is -0.357. The molecule has 6 aliphatic rings. The third-order valence-electron chi connectivity index (χ3n) is 11.7. The lowest BCUT2D eigenvalue weighted by Crippen LogP contribution is -2.86. The molecule has 6 fully saturated rings. The van der Waals surface area contributed by atoms with Gasteiger partial charge in [0.05, 0.1) is 48.1 Å². The normalized spacial score (nSPS) is 61.7. The number of aliphatic hydroxyl groups is 4. The van der Waals surface area contributed by atoms with Crippen molar-refractivity contribution < 1.29 is 39.4 Å². The van der Waals surface area contributed by atoms with Gasteiger partial charge in [0.1, 0.15) is 11.2 Å². The Balaban J connectivity index is 1.73. The first-order valence-corrected chi connectivity index (χ1v) is 12.8. The van der Waals surface area contributed by atoms with Gasteiger partial charge in [-0.2, -0.15) is 0 Å². The van der Waals surface area contributed by atoms with E-state index >= 15 is 0 Å². The van der Waals surface area contributed by atoms with Crippen molar-refractivity contribution in [3.05, 3.63) is 0 Å². The van der Waals surface area contributed by atoms with Gasteiger partial charge >= 0.3 is 0 Å². The van der Waals surface area contributed by atoms with Crippen LogP contribution in [-0.4, -0.2) is 121 Å². The number of methoxy groups -OCH3 is 4. The van der Waals surface area contributed by atoms with E-state index in [1.807, 2.05) is 6.92 Å². The van der Waals surface area contributed by atoms with Crippen molar-refractivity contribution in [3.63, 3.8) is 0 Å². The Labute approximate surface area is 201 Å². The van der Waals surface area contributed by atoms with Crippen LogP contribution >= 0.6 is 0 Å². The van der Waals surface area contributed by atoms with Crippen molar-refractivity contribution in [1.29, 1.82) is 0 Å². The average molecular weight is 484 g/mol. The van der Waals surface area contributed by atoms with Crippen LogP contribution in [0.15, 0.2) is 0 Å². The summed E-state index contributed by atoms with van der Waals surface area (Å²) in [6.45, 7) is 3.15. The minimum absolute atomic E-state index is 0.0774. The molecular weight excluding hydrogens is 442 g/mol. The smallest absolute Gasteiger partial charge is 0.136 e. The van der Waals surface area contributed by atoms with E-state index in [9.17, 15) is 20.4 Å². The van der Waals surface area contributed by atoms with E-state index in [-0.39, 0.29) is 37.1 Å². The van der Waals surface area contributed by atoms with Crippen LogP contribution in [0.1, 0.15) is 32.6 Å². The van der Waals surface area contributed by atoms with E-state index in [0.29, 0.717) is 32.4 Å². The molecule has 9 nitrogen and oxygen atoms in total. The third kappa shape index (κ3) is 2.08. The first-order chi connectivity index (χ1) is 16.2. The number of rotatable bonds is 6. The maximum absolute atomic E-state index is 13.1. The van der Waals surface area contributed by atoms with Crippen LogP contribution in [0, 0.1) is 28.6 Å². The molecule has 1 heterocycles. The molecule has 0 amide bonds. The van der Waals surface area contributed by atoms with Gasteiger partial charge < -0.3 is 39.4 Å². The van der Waals surface area contributed by atoms with Gasteiger partial charge in [0, 0.05) is 64.6 Å². The second kappa shape index (κ2) is 7.14. The summed E-state index contributed by atoms with van der Waals surface area (Å²) in [5.74, 6) is -1.24. The predicted octanol–water partition coefficient (Wildman–Crippen LogP) is -0.614. The van der Waals surface area contributed by atoms with E-state index in [4.69, 9.17) is 18.9 Å². The summed E-state index contributed by atoms with van der Waals surface area (Å²) in [6.07, 6.45) is -0.0670. The van der Waals surface area contributed by atoms with Crippen molar-refractivity contribution in [1.82, 2.24) is 4.90 Å². The van der Waals surface area contributed by atoms with Gasteiger partial charge in [0.15, 0.2) is 0 Å². The van der Waals surface area contributed by atoms with Crippen LogP contribution in [-0.2, 0) is 18.9 Å². The van der Waals surface area contributed by atoms with Gasteiger partial charge in [0.25, 0.3) is 0 Å². The zero-order valence-electron chi connectivity index (χ0n) is 20.9. The molecule has 6 rings (SSSR count). The quantitative estimate of drug-likeness (QED) is 0.392. The van der Waals surface area contributed by atoms with E-state index in [1.54, 1.807) is 28.4 Å². The summed E-state index contributed by atoms with van der Waals surface area (Å²) in [6, 6.07) is -0.594. The number of nitrogens with zero attached hydrogens (tertiary/aromatic N) is 1. The summed E-state index contributed by atoms with van der Waals surface area (Å²) in [7, 11) is 6.48. The van der Waals surface area contributed by atoms with Crippen LogP contribution in [0.4, 0.5) is 0 Å². The molecule has 34 heavy (non-hydrogen) atoms. The van der Waals surface area contributed by atoms with Gasteiger partial charge in [-0.05, 0) is 25.8 Å². The molecule has 1 aliphatic heterocycles. The fourth-order valence-corrected chi connectivity index (χ4v) is 11.0. The Morgan fingerprint density at radius 3 is 2.21 bits per heavy atom. The van der Waals surface area contributed by atoms with Crippen LogP contribution in [0.2, 0.25) is 0 Å². The standard InChI is InChI=1S/C25H41NO8/c1-6-26-11-21(12-27)8-7-15(32-3)24-18(21)19(34-5)25(30,20(24)26)23(29)10-14(31-2)13-9-22(24,28)17(23)16(13)33-4/h13-20,27-30H,6-12H2,1-5H3/t13-,14+,15+,16+,17+,18-,19+,20+,21+,22+,23-,24-,25+/m1/s1. The molecule has 0 unspecified atom stereocenters. The Morgan fingerprint density at radius 1 is 0.912 bits per heavy atom. The molecule has 194 valence electrons. The van der Waals surface area contributed by atoms with Crippen LogP contribution in [0.3, 0.4) is 0 Å². The highest BCUT2D eigenvalue weighted by Crippen LogP contribution is 2.81. The van der Waals surface area contributed by atoms with E-state index in [1.165, 1.54) is 0 Å². The lowest BCUT2D eigenvalue weighted by atomic mass is 9.41. The highest BCUT2D eigenvalue weighted by molar-refractivity contribution is 5.45. The summed E-state index contributed by atoms with van der Waals surface area (Å²) in [5, 5.41) is 49.7. The first-order valence-electron chi connectivity index (χ1n) is 12.8. The zero-order chi connectivity index (χ0) is 24.5. The van der Waals surface area contributed by atoms with Crippen molar-refractivity contribution >= 4 is 0 Å². The zero-order valence-corrected chi connectivity index (χ0v) is 20.9. The minimum Gasteiger partial charge on any atom is -0.396 e. The number of hydrogen-bond acceptors (Lipinski definition) is 9. The summed E-state index contributed by atoms with van der Waals surface area (Å²) < 4.78 is 24.2. The monoisotopic (exact) mass is 483 g/mol. The third-order valence-corrected chi connectivity index (χ3v) is 11.7. The van der Waals surface area contributed by atoms with Crippen LogP contribution in [0.5, 0.6) is 0 Å². The fourth-order valence-electron chi connectivity index (χ4n) is 11.0. The van der Waals surface area contributed by atoms with Gasteiger partial charge in [-0.3, -0.25) is 4.90 Å². The van der Waals surface area contributed by atoms with Gasteiger partial charge in [-0.25, -0.2) is 0 Å². The highest BCUT2D eigenvalue weighted by atomic mass is 16.5. The maximum Gasteiger partial charge on any atom is 0.136 e. The second-order valence-electron chi connectivity index (χ2n) is 12.0. The number of hydrogen-bond donors (Lipinski definition) is 4. The first kappa shape index (κ1) is 24.0. The molecule has 5 aliphatic carbocycles. The van der Waals surface area contributed by atoms with Gasteiger partial charge in [-0.1, -0.05) is 6.92 Å². The largest absolute Gasteiger partial charge is 0.396 e. The second-order valence-corrected chi connectivity index (χ2v) is 12.0. The molecule has 0 aromatic carbocycles. The molecule has 7 bridgehead atoms. The lowest BCUT2D eigenvalue weighted by Gasteiger charge is -2.72. The topological polar surface area (TPSA) is 121 Å². The van der Waals surface area contributed by atoms with E-state index in [2.05, 4.69) is 4.90 Å².